The number of rotatable bonds is 3. The molecule has 9 nitrogen and oxygen atoms in total. The molecule has 26 heavy (non-hydrogen) atoms. The number of ether oxygens (including phenoxy) is 1. The van der Waals surface area contributed by atoms with Crippen molar-refractivity contribution in [3.63, 3.8) is 0 Å². The average molecular weight is 424 g/mol. The van der Waals surface area contributed by atoms with Crippen molar-refractivity contribution in [2.45, 2.75) is 43.5 Å². The standard InChI is InChI=1S/C13H16ClFN5O4PS/c1-6(2)23-25(26)21-3-7-9(24-25)13(14,15)12(22-7)20-5-19-8-10(16)17-4-18-11(8)20/h4-7,9,12H,3H2,1-2H3,(H2,16,17,18). The number of aromatic nitrogens is 4. The maximum Gasteiger partial charge on any atom is 0.328 e. The number of nitrogens with two attached hydrogens (primary N) is 1. The summed E-state index contributed by atoms with van der Waals surface area (Å²) in [5.41, 5.74) is 6.39. The molecule has 13 heteroatoms. The van der Waals surface area contributed by atoms with Crippen molar-refractivity contribution in [2.75, 3.05) is 12.3 Å². The molecule has 0 bridgehead atoms. The van der Waals surface area contributed by atoms with Crippen LogP contribution in [-0.4, -0.2) is 49.6 Å². The monoisotopic (exact) mass is 423 g/mol. The quantitative estimate of drug-likeness (QED) is 0.587. The molecule has 4 heterocycles. The largest absolute Gasteiger partial charge is 0.382 e. The molecule has 2 N–H and O–H groups in total. The lowest BCUT2D eigenvalue weighted by Crippen LogP contribution is -2.43. The van der Waals surface area contributed by atoms with Crippen LogP contribution in [0.15, 0.2) is 12.7 Å². The minimum Gasteiger partial charge on any atom is -0.382 e. The van der Waals surface area contributed by atoms with E-state index in [4.69, 9.17) is 47.4 Å². The average Bonchev–Trinajstić information content (AvgIpc) is 3.07. The predicted octanol–water partition coefficient (Wildman–Crippen LogP) is 2.28. The van der Waals surface area contributed by atoms with Gasteiger partial charge in [-0.3, -0.25) is 9.09 Å². The van der Waals surface area contributed by atoms with Gasteiger partial charge in [-0.05, 0) is 25.7 Å². The summed E-state index contributed by atoms with van der Waals surface area (Å²) >= 11 is 11.5. The van der Waals surface area contributed by atoms with E-state index in [1.165, 1.54) is 17.2 Å². The first-order valence-electron chi connectivity index (χ1n) is 7.79. The topological polar surface area (TPSA) is 107 Å². The van der Waals surface area contributed by atoms with Gasteiger partial charge in [-0.25, -0.2) is 19.3 Å². The van der Waals surface area contributed by atoms with E-state index in [1.807, 2.05) is 0 Å². The van der Waals surface area contributed by atoms with Crippen LogP contribution in [0, 0.1) is 0 Å². The molecule has 2 aromatic rings. The zero-order valence-corrected chi connectivity index (χ0v) is 16.2. The number of imidazole rings is 1. The summed E-state index contributed by atoms with van der Waals surface area (Å²) in [4.78, 5) is 12.1. The Balaban J connectivity index is 1.68. The van der Waals surface area contributed by atoms with E-state index in [2.05, 4.69) is 15.0 Å². The molecule has 0 aliphatic carbocycles. The second kappa shape index (κ2) is 6.30. The maximum atomic E-state index is 15.5. The Morgan fingerprint density at radius 3 is 3.00 bits per heavy atom. The van der Waals surface area contributed by atoms with Gasteiger partial charge in [0.15, 0.2) is 17.7 Å². The highest BCUT2D eigenvalue weighted by Gasteiger charge is 2.62. The molecule has 0 saturated carbocycles. The van der Waals surface area contributed by atoms with Gasteiger partial charge in [0.25, 0.3) is 5.13 Å². The Kier molecular flexibility index (Phi) is 4.47. The van der Waals surface area contributed by atoms with Crippen LogP contribution in [-0.2, 0) is 30.1 Å². The van der Waals surface area contributed by atoms with E-state index in [-0.39, 0.29) is 18.5 Å². The summed E-state index contributed by atoms with van der Waals surface area (Å²) in [5.74, 6) is 0.170. The van der Waals surface area contributed by atoms with Crippen LogP contribution in [0.3, 0.4) is 0 Å². The fourth-order valence-corrected chi connectivity index (χ4v) is 5.89. The first-order valence-corrected chi connectivity index (χ1v) is 10.7. The molecule has 2 aliphatic rings. The summed E-state index contributed by atoms with van der Waals surface area (Å²) in [6, 6.07) is 0. The molecule has 0 aromatic carbocycles. The third-order valence-electron chi connectivity index (χ3n) is 3.97. The Hall–Kier alpha value is -0.940. The van der Waals surface area contributed by atoms with Crippen molar-refractivity contribution >= 4 is 47.1 Å². The lowest BCUT2D eigenvalue weighted by Gasteiger charge is -2.35. The molecule has 0 radical (unpaired) electrons. The minimum atomic E-state index is -3.12. The summed E-state index contributed by atoms with van der Waals surface area (Å²) < 4.78 is 39.3. The van der Waals surface area contributed by atoms with Crippen LogP contribution in [0.25, 0.3) is 11.2 Å². The number of alkyl halides is 2. The van der Waals surface area contributed by atoms with Gasteiger partial charge in [-0.1, -0.05) is 11.6 Å². The normalized spacial score (nSPS) is 37.3. The van der Waals surface area contributed by atoms with E-state index in [0.29, 0.717) is 11.2 Å². The Morgan fingerprint density at radius 2 is 2.27 bits per heavy atom. The number of fused-ring (bicyclic) bond motifs is 2. The van der Waals surface area contributed by atoms with Gasteiger partial charge in [-0.2, -0.15) is 0 Å². The molecule has 0 amide bonds. The zero-order valence-electron chi connectivity index (χ0n) is 13.8. The Labute approximate surface area is 158 Å². The molecular formula is C13H16ClFN5O4PS. The molecule has 2 fully saturated rings. The van der Waals surface area contributed by atoms with Crippen molar-refractivity contribution in [1.29, 1.82) is 0 Å². The summed E-state index contributed by atoms with van der Waals surface area (Å²) in [5, 5.41) is -2.44. The Morgan fingerprint density at radius 1 is 1.50 bits per heavy atom. The fourth-order valence-electron chi connectivity index (χ4n) is 2.92. The lowest BCUT2D eigenvalue weighted by molar-refractivity contribution is -0.0635. The molecular weight excluding hydrogens is 408 g/mol. The summed E-state index contributed by atoms with van der Waals surface area (Å²) in [7, 11) is 0. The van der Waals surface area contributed by atoms with Crippen LogP contribution < -0.4 is 5.73 Å². The molecule has 5 unspecified atom stereocenters. The highest BCUT2D eigenvalue weighted by atomic mass is 35.5. The van der Waals surface area contributed by atoms with E-state index in [1.54, 1.807) is 13.8 Å². The molecule has 2 aromatic heterocycles. The van der Waals surface area contributed by atoms with Gasteiger partial charge < -0.3 is 19.5 Å². The second-order valence-corrected chi connectivity index (χ2v) is 9.70. The zero-order chi connectivity index (χ0) is 18.7. The van der Waals surface area contributed by atoms with E-state index in [9.17, 15) is 0 Å². The number of nitrogens with zero attached hydrogens (tertiary/aromatic N) is 4. The molecule has 2 saturated heterocycles. The first kappa shape index (κ1) is 18.4. The van der Waals surface area contributed by atoms with Crippen LogP contribution in [0.4, 0.5) is 10.2 Å². The van der Waals surface area contributed by atoms with E-state index < -0.39 is 30.3 Å². The van der Waals surface area contributed by atoms with E-state index >= 15 is 4.39 Å². The second-order valence-electron chi connectivity index (χ2n) is 6.21. The van der Waals surface area contributed by atoms with Gasteiger partial charge >= 0.3 is 6.72 Å². The minimum absolute atomic E-state index is 0.00725. The number of hydrogen-bond acceptors (Lipinski definition) is 9. The SMILES string of the molecule is CC(C)OP1(=S)OCC2OC(n3cnc4c(N)ncnc43)C(F)(Cl)C2O1. The summed E-state index contributed by atoms with van der Waals surface area (Å²) in [6.07, 6.45) is -0.826. The van der Waals surface area contributed by atoms with Crippen LogP contribution in [0.5, 0.6) is 0 Å². The fraction of sp³-hybridized carbons (Fsp3) is 0.615. The molecule has 5 atom stereocenters. The predicted molar refractivity (Wildman–Crippen MR) is 94.7 cm³/mol. The highest BCUT2D eigenvalue weighted by molar-refractivity contribution is 8.07. The van der Waals surface area contributed by atoms with Crippen molar-refractivity contribution in [3.05, 3.63) is 12.7 Å². The van der Waals surface area contributed by atoms with Crippen LogP contribution >= 0.6 is 18.3 Å². The van der Waals surface area contributed by atoms with E-state index in [0.717, 1.165) is 0 Å². The first-order chi connectivity index (χ1) is 12.2. The number of halogens is 2. The van der Waals surface area contributed by atoms with Crippen molar-refractivity contribution < 1.29 is 22.7 Å². The molecule has 142 valence electrons. The highest BCUT2D eigenvalue weighted by Crippen LogP contribution is 2.61. The van der Waals surface area contributed by atoms with Gasteiger partial charge in [0.2, 0.25) is 0 Å². The maximum absolute atomic E-state index is 15.5. The molecule has 2 aliphatic heterocycles. The van der Waals surface area contributed by atoms with Gasteiger partial charge in [-0.15, -0.1) is 0 Å². The smallest absolute Gasteiger partial charge is 0.328 e. The van der Waals surface area contributed by atoms with Crippen molar-refractivity contribution in [2.24, 2.45) is 0 Å². The van der Waals surface area contributed by atoms with Crippen molar-refractivity contribution in [3.8, 4) is 0 Å². The van der Waals surface area contributed by atoms with Gasteiger partial charge in [0.05, 0.1) is 19.0 Å². The third-order valence-corrected chi connectivity index (χ3v) is 6.83. The van der Waals surface area contributed by atoms with Crippen molar-refractivity contribution in [1.82, 2.24) is 19.5 Å². The third kappa shape index (κ3) is 2.91. The lowest BCUT2D eigenvalue weighted by atomic mass is 10.1. The Bertz CT molecular complexity index is 899. The van der Waals surface area contributed by atoms with Crippen LogP contribution in [0.1, 0.15) is 20.1 Å². The number of hydrogen-bond donors (Lipinski definition) is 1. The molecule has 0 spiro atoms. The summed E-state index contributed by atoms with van der Waals surface area (Å²) in [6.45, 7) is 0.454. The number of anilines is 1. The van der Waals surface area contributed by atoms with Crippen LogP contribution in [0.2, 0.25) is 0 Å². The number of nitrogen functional groups attached to an aromatic ring is 1. The molecule has 4 rings (SSSR count). The van der Waals surface area contributed by atoms with Gasteiger partial charge in [0.1, 0.15) is 24.1 Å². The van der Waals surface area contributed by atoms with Gasteiger partial charge in [0, 0.05) is 0 Å².